The van der Waals surface area contributed by atoms with Crippen LogP contribution >= 0.6 is 0 Å². The molecule has 0 spiro atoms. The summed E-state index contributed by atoms with van der Waals surface area (Å²) < 4.78 is 119. The van der Waals surface area contributed by atoms with Crippen LogP contribution in [0.1, 0.15) is 6.42 Å². The Bertz CT molecular complexity index is 2850. The molecule has 0 aliphatic carbocycles. The van der Waals surface area contributed by atoms with E-state index in [-0.39, 0.29) is 124 Å². The Labute approximate surface area is 836 Å². The third kappa shape index (κ3) is 77.8. The number of amides is 4. The molecule has 858 valence electrons. The van der Waals surface area contributed by atoms with Crippen LogP contribution in [0.5, 0.6) is 0 Å². The lowest BCUT2D eigenvalue weighted by molar-refractivity contribution is -0.133. The molecule has 0 aliphatic rings. The number of alkyl carbamates (subject to hydrolysis) is 2. The molecule has 0 radical (unpaired) electrons. The zero-order chi connectivity index (χ0) is 107. The molecule has 0 aromatic rings. The first kappa shape index (κ1) is 140. The molecule has 0 saturated heterocycles. The van der Waals surface area contributed by atoms with Gasteiger partial charge in [0.25, 0.3) is 0 Å². The van der Waals surface area contributed by atoms with E-state index in [2.05, 4.69) is 26.6 Å². The van der Waals surface area contributed by atoms with Crippen molar-refractivity contribution in [3.05, 3.63) is 0 Å². The molecule has 0 rings (SSSR count). The number of ether oxygens (including phenoxy) is 22. The summed E-state index contributed by atoms with van der Waals surface area (Å²) in [7, 11) is 1.58. The quantitative estimate of drug-likeness (QED) is 0.0251. The molecule has 31 N–H and O–H groups in total. The second-order valence-electron chi connectivity index (χ2n) is 32.2. The van der Waals surface area contributed by atoms with Gasteiger partial charge in [0, 0.05) is 65.4 Å². The van der Waals surface area contributed by atoms with Gasteiger partial charge in [-0.2, -0.15) is 0 Å². The molecule has 23 atom stereocenters. The fourth-order valence-corrected chi connectivity index (χ4v) is 11.8. The summed E-state index contributed by atoms with van der Waals surface area (Å²) in [5.41, 5.74) is 0. The minimum atomic E-state index is -2.03. The molecular weight excluding hydrogens is 1950 g/mol. The molecule has 0 heterocycles. The average molecular weight is 2120 g/mol. The number of likely N-dealkylation sites (N-methyl/N-ethyl adjacent to an activating group) is 1. The molecule has 59 nitrogen and oxygen atoms in total. The highest BCUT2D eigenvalue weighted by Gasteiger charge is 2.38. The Morgan fingerprint density at radius 1 is 0.215 bits per heavy atom. The van der Waals surface area contributed by atoms with E-state index in [9.17, 15) is 132 Å². The van der Waals surface area contributed by atoms with E-state index < -0.39 is 258 Å². The standard InChI is InChI=1S/C85H171N7O52/c1-86-65(83(120)88-3-7-124-11-15-128-19-23-132-27-31-136-35-37-138-33-29-134-25-21-130-17-13-126-9-5-90-85(122)144-58-64(102)56-142-54-62(100)52-140-50-60(98)40-92(43-68(105)77(114)81(118)72(109)47-95)44-69(106)78(115)82(119)73(110)48-96)38-74(111)87-2-6-123-10-14-127-18-22-131-26-30-135-34-36-137-32-28-133-24-20-129-16-12-125-8-4-89-84(121)143-57-63(101)55-141-53-61(99)51-139-49-59(97)39-91(41-66(103)75(112)79(116)70(107)45-93)42-67(104)76(113)80(117)71(108)46-94/h59-73,75-82,86,93-110,112-119H,2-58H2,1H3,(H,87,111)(H,88,120)(H,89,121)(H,90,122)/t59?,60?,61?,62?,63?,64?,65-,66+,67+,68+,69+,70-,71-,72-,73-,75-,76-,77-,78-,79-,80-,81-,82-/m1/s1. The fourth-order valence-electron chi connectivity index (χ4n) is 11.8. The van der Waals surface area contributed by atoms with Crippen LogP contribution in [0.4, 0.5) is 9.59 Å². The Morgan fingerprint density at radius 2 is 0.396 bits per heavy atom. The second-order valence-corrected chi connectivity index (χ2v) is 32.2. The monoisotopic (exact) mass is 2120 g/mol. The Hall–Kier alpha value is -4.48. The van der Waals surface area contributed by atoms with Crippen LogP contribution in [0.3, 0.4) is 0 Å². The average Bonchev–Trinajstić information content (AvgIpc) is 0.867. The first-order valence-electron chi connectivity index (χ1n) is 47.6. The smallest absolute Gasteiger partial charge is 0.407 e. The molecule has 0 aromatic heterocycles. The van der Waals surface area contributed by atoms with Crippen molar-refractivity contribution in [3.8, 4) is 0 Å². The minimum Gasteiger partial charge on any atom is -0.447 e. The zero-order valence-corrected chi connectivity index (χ0v) is 82.2. The lowest BCUT2D eigenvalue weighted by Gasteiger charge is -2.34. The summed E-state index contributed by atoms with van der Waals surface area (Å²) in [6.45, 7) is -0.457. The van der Waals surface area contributed by atoms with Gasteiger partial charge in [-0.15, -0.1) is 0 Å². The van der Waals surface area contributed by atoms with Crippen LogP contribution in [0.2, 0.25) is 0 Å². The van der Waals surface area contributed by atoms with Gasteiger partial charge in [0.1, 0.15) is 111 Å². The summed E-state index contributed by atoms with van der Waals surface area (Å²) in [5, 5.41) is 273. The third-order valence-electron chi connectivity index (χ3n) is 19.7. The zero-order valence-electron chi connectivity index (χ0n) is 82.2. The van der Waals surface area contributed by atoms with Gasteiger partial charge in [0.05, 0.1) is 340 Å². The Morgan fingerprint density at radius 3 is 0.604 bits per heavy atom. The number of rotatable bonds is 106. The highest BCUT2D eigenvalue weighted by Crippen LogP contribution is 2.16. The molecule has 0 fully saturated rings. The van der Waals surface area contributed by atoms with Gasteiger partial charge in [0.15, 0.2) is 0 Å². The molecule has 59 heteroatoms. The van der Waals surface area contributed by atoms with E-state index in [1.54, 1.807) is 7.05 Å². The molecule has 0 aromatic carbocycles. The number of nitrogens with one attached hydrogen (secondary N) is 5. The number of aliphatic hydroxyl groups is 26. The van der Waals surface area contributed by atoms with Crippen molar-refractivity contribution in [1.29, 1.82) is 0 Å². The molecule has 4 amide bonds. The number of carbonyl (C=O) groups is 4. The van der Waals surface area contributed by atoms with E-state index in [1.807, 2.05) is 0 Å². The van der Waals surface area contributed by atoms with Gasteiger partial charge < -0.3 is 264 Å². The lowest BCUT2D eigenvalue weighted by Crippen LogP contribution is -2.54. The van der Waals surface area contributed by atoms with Crippen molar-refractivity contribution in [1.82, 2.24) is 36.4 Å². The number of hydrogen-bond donors (Lipinski definition) is 31. The topological polar surface area (TPSA) is 864 Å². The van der Waals surface area contributed by atoms with Crippen LogP contribution in [-0.2, 0) is 114 Å². The maximum absolute atomic E-state index is 12.7. The van der Waals surface area contributed by atoms with Crippen molar-refractivity contribution >= 4 is 24.0 Å². The fraction of sp³-hybridized carbons (Fsp3) is 0.953. The van der Waals surface area contributed by atoms with E-state index in [4.69, 9.17) is 125 Å². The molecule has 0 bridgehead atoms. The number of nitrogens with zero attached hydrogens (tertiary/aromatic N) is 2. The first-order valence-corrected chi connectivity index (χ1v) is 47.6. The lowest BCUT2D eigenvalue weighted by atomic mass is 10.0. The molecule has 144 heavy (non-hydrogen) atoms. The maximum atomic E-state index is 12.7. The van der Waals surface area contributed by atoms with Crippen molar-refractivity contribution in [3.63, 3.8) is 0 Å². The highest BCUT2D eigenvalue weighted by atomic mass is 16.6. The third-order valence-corrected chi connectivity index (χ3v) is 19.7. The second kappa shape index (κ2) is 94.5. The molecule has 0 saturated carbocycles. The summed E-state index contributed by atoms with van der Waals surface area (Å²) >= 11 is 0. The van der Waals surface area contributed by atoms with Crippen LogP contribution < -0.4 is 26.6 Å². The summed E-state index contributed by atoms with van der Waals surface area (Å²) in [5.74, 6) is -0.679. The summed E-state index contributed by atoms with van der Waals surface area (Å²) in [6, 6.07) is -0.753. The van der Waals surface area contributed by atoms with Crippen LogP contribution in [0, 0.1) is 0 Å². The van der Waals surface area contributed by atoms with Gasteiger partial charge in [-0.05, 0) is 7.05 Å². The normalized spacial score (nSPS) is 17.0. The van der Waals surface area contributed by atoms with Gasteiger partial charge in [-0.25, -0.2) is 9.59 Å². The van der Waals surface area contributed by atoms with Crippen molar-refractivity contribution in [2.45, 2.75) is 147 Å². The number of carbonyl (C=O) groups excluding carboxylic acids is 4. The summed E-state index contributed by atoms with van der Waals surface area (Å²) in [6.07, 6.45) is -40.6. The minimum absolute atomic E-state index is 0.0805. The van der Waals surface area contributed by atoms with Gasteiger partial charge >= 0.3 is 12.2 Å². The first-order chi connectivity index (χ1) is 69.2. The summed E-state index contributed by atoms with van der Waals surface area (Å²) in [4.78, 5) is 51.4. The van der Waals surface area contributed by atoms with Crippen LogP contribution in [0.25, 0.3) is 0 Å². The molecular formula is C85H171N7O52. The largest absolute Gasteiger partial charge is 0.447 e. The van der Waals surface area contributed by atoms with Crippen molar-refractivity contribution in [2.75, 3.05) is 376 Å². The van der Waals surface area contributed by atoms with Crippen molar-refractivity contribution in [2.24, 2.45) is 0 Å². The van der Waals surface area contributed by atoms with Gasteiger partial charge in [0.2, 0.25) is 11.8 Å². The van der Waals surface area contributed by atoms with Crippen LogP contribution in [-0.4, -0.2) is 683 Å². The Kier molecular flexibility index (Phi) is 91.5. The van der Waals surface area contributed by atoms with Gasteiger partial charge in [-0.1, -0.05) is 0 Å². The number of hydrogen-bond acceptors (Lipinski definition) is 55. The predicted octanol–water partition coefficient (Wildman–Crippen LogP) is -18.5. The van der Waals surface area contributed by atoms with E-state index in [0.29, 0.717) is 159 Å². The van der Waals surface area contributed by atoms with E-state index in [1.165, 1.54) is 0 Å². The molecule has 6 unspecified atom stereocenters. The van der Waals surface area contributed by atoms with E-state index in [0.717, 1.165) is 9.80 Å². The SMILES string of the molecule is CN[C@H](CC(=O)NCCOCCOCCOCCOCCOCCOCCOCCOCCNC(=O)OCC(O)COCC(O)COCC(O)CN(C[C@H](O)[C@@H](O)[C@H](O)[C@H](O)CO)C[C@H](O)[C@@H](O)[C@H](O)[C@H](O)CO)C(=O)NCCOCCOCCOCCOCCOCCOCCOCCOCCNC(=O)OCC(O)COCC(O)COCC(O)CN(C[C@H](O)[C@@H](O)[C@H](O)[C@H](O)CO)C[C@H](O)[C@@H](O)[C@H](O)[C@H](O)CO. The number of aliphatic hydroxyl groups excluding tert-OH is 26. The van der Waals surface area contributed by atoms with Gasteiger partial charge in [-0.3, -0.25) is 19.4 Å². The highest BCUT2D eigenvalue weighted by molar-refractivity contribution is 5.88. The van der Waals surface area contributed by atoms with E-state index >= 15 is 0 Å². The predicted molar refractivity (Wildman–Crippen MR) is 492 cm³/mol. The van der Waals surface area contributed by atoms with Crippen LogP contribution in [0.15, 0.2) is 0 Å². The molecule has 0 aliphatic heterocycles. The van der Waals surface area contributed by atoms with Crippen molar-refractivity contribution < 1.29 is 256 Å². The maximum Gasteiger partial charge on any atom is 0.407 e. The Balaban J connectivity index is 3.73.